The van der Waals surface area contributed by atoms with Gasteiger partial charge in [0.25, 0.3) is 0 Å². The predicted molar refractivity (Wildman–Crippen MR) is 114 cm³/mol. The molecule has 0 spiro atoms. The molecular weight excluding hydrogens is 400 g/mol. The van der Waals surface area contributed by atoms with Gasteiger partial charge in [-0.1, -0.05) is 6.08 Å². The molecule has 0 radical (unpaired) electrons. The molecule has 3 aliphatic rings. The summed E-state index contributed by atoms with van der Waals surface area (Å²) in [4.78, 5) is 41.8. The van der Waals surface area contributed by atoms with Gasteiger partial charge in [0.2, 0.25) is 11.8 Å². The van der Waals surface area contributed by atoms with Gasteiger partial charge in [-0.15, -0.1) is 6.58 Å². The molecule has 3 heterocycles. The van der Waals surface area contributed by atoms with Crippen LogP contribution in [0.4, 0.5) is 10.5 Å². The van der Waals surface area contributed by atoms with Crippen LogP contribution in [0, 0.1) is 0 Å². The van der Waals surface area contributed by atoms with Gasteiger partial charge in [0.1, 0.15) is 17.8 Å². The summed E-state index contributed by atoms with van der Waals surface area (Å²) in [6.07, 6.45) is 3.04. The van der Waals surface area contributed by atoms with Crippen LogP contribution in [0.3, 0.4) is 0 Å². The van der Waals surface area contributed by atoms with Gasteiger partial charge in [0, 0.05) is 31.2 Å². The van der Waals surface area contributed by atoms with Gasteiger partial charge < -0.3 is 29.9 Å². The Kier molecular flexibility index (Phi) is 6.13. The molecule has 0 bridgehead atoms. The van der Waals surface area contributed by atoms with Gasteiger partial charge in [-0.05, 0) is 37.1 Å². The first kappa shape index (κ1) is 21.2. The molecule has 4 rings (SSSR count). The SMILES string of the molecule is C=CCOC1CC2C(=O)N3CCC(NC(=O)Nc4ccc(OC)cc4)CC3C(=O)N2C1. The number of carbonyl (C=O) groups excluding carboxylic acids is 3. The third kappa shape index (κ3) is 4.36. The summed E-state index contributed by atoms with van der Waals surface area (Å²) in [5, 5.41) is 5.72. The minimum Gasteiger partial charge on any atom is -0.497 e. The lowest BCUT2D eigenvalue weighted by Gasteiger charge is -2.46. The number of hydrogen-bond donors (Lipinski definition) is 2. The Morgan fingerprint density at radius 1 is 1.16 bits per heavy atom. The van der Waals surface area contributed by atoms with Crippen molar-refractivity contribution in [2.75, 3.05) is 32.1 Å². The average molecular weight is 428 g/mol. The number of amides is 4. The highest BCUT2D eigenvalue weighted by Crippen LogP contribution is 2.32. The highest BCUT2D eigenvalue weighted by atomic mass is 16.5. The zero-order valence-electron chi connectivity index (χ0n) is 17.6. The van der Waals surface area contributed by atoms with Gasteiger partial charge in [0.15, 0.2) is 0 Å². The summed E-state index contributed by atoms with van der Waals surface area (Å²) in [5.74, 6) is 0.628. The maximum atomic E-state index is 13.1. The Balaban J connectivity index is 1.35. The molecule has 3 fully saturated rings. The molecule has 0 aromatic heterocycles. The number of rotatable bonds is 6. The number of nitrogens with zero attached hydrogens (tertiary/aromatic N) is 2. The Hall–Kier alpha value is -3.07. The number of methoxy groups -OCH3 is 1. The van der Waals surface area contributed by atoms with E-state index in [1.807, 2.05) is 0 Å². The Bertz CT molecular complexity index is 858. The smallest absolute Gasteiger partial charge is 0.319 e. The normalized spacial score (nSPS) is 27.4. The summed E-state index contributed by atoms with van der Waals surface area (Å²) < 4.78 is 10.8. The summed E-state index contributed by atoms with van der Waals surface area (Å²) in [7, 11) is 1.58. The van der Waals surface area contributed by atoms with Crippen molar-refractivity contribution in [1.82, 2.24) is 15.1 Å². The first-order valence-corrected chi connectivity index (χ1v) is 10.5. The first-order valence-electron chi connectivity index (χ1n) is 10.5. The van der Waals surface area contributed by atoms with Gasteiger partial charge in [-0.25, -0.2) is 4.79 Å². The third-order valence-corrected chi connectivity index (χ3v) is 6.13. The van der Waals surface area contributed by atoms with E-state index in [1.54, 1.807) is 47.3 Å². The Morgan fingerprint density at radius 2 is 1.87 bits per heavy atom. The number of nitrogens with one attached hydrogen (secondary N) is 2. The second-order valence-electron chi connectivity index (χ2n) is 8.08. The fourth-order valence-corrected chi connectivity index (χ4v) is 4.60. The Labute approximate surface area is 181 Å². The molecule has 1 aromatic carbocycles. The van der Waals surface area contributed by atoms with Gasteiger partial charge >= 0.3 is 6.03 Å². The average Bonchev–Trinajstić information content (AvgIpc) is 3.21. The Morgan fingerprint density at radius 3 is 2.58 bits per heavy atom. The number of urea groups is 1. The molecule has 3 aliphatic heterocycles. The lowest BCUT2D eigenvalue weighted by Crippen LogP contribution is -2.66. The van der Waals surface area contributed by atoms with E-state index >= 15 is 0 Å². The molecule has 31 heavy (non-hydrogen) atoms. The molecule has 3 saturated heterocycles. The van der Waals surface area contributed by atoms with Crippen molar-refractivity contribution < 1.29 is 23.9 Å². The van der Waals surface area contributed by atoms with Crippen LogP contribution in [0.25, 0.3) is 0 Å². The molecule has 166 valence electrons. The number of carbonyl (C=O) groups is 3. The molecule has 1 aromatic rings. The van der Waals surface area contributed by atoms with E-state index in [-0.39, 0.29) is 30.0 Å². The minimum absolute atomic E-state index is 0.0181. The second kappa shape index (κ2) is 8.97. The number of benzene rings is 1. The van der Waals surface area contributed by atoms with Crippen molar-refractivity contribution in [3.63, 3.8) is 0 Å². The molecule has 9 nitrogen and oxygen atoms in total. The van der Waals surface area contributed by atoms with Gasteiger partial charge in [0.05, 0.1) is 19.8 Å². The van der Waals surface area contributed by atoms with E-state index in [0.717, 1.165) is 0 Å². The predicted octanol–water partition coefficient (Wildman–Crippen LogP) is 1.36. The van der Waals surface area contributed by atoms with Gasteiger partial charge in [-0.3, -0.25) is 9.59 Å². The highest BCUT2D eigenvalue weighted by molar-refractivity contribution is 5.98. The van der Waals surface area contributed by atoms with E-state index < -0.39 is 12.1 Å². The van der Waals surface area contributed by atoms with E-state index in [2.05, 4.69) is 17.2 Å². The van der Waals surface area contributed by atoms with Crippen LogP contribution in [-0.4, -0.2) is 78.7 Å². The van der Waals surface area contributed by atoms with Gasteiger partial charge in [-0.2, -0.15) is 0 Å². The summed E-state index contributed by atoms with van der Waals surface area (Å²) in [6, 6.07) is 5.52. The molecule has 4 atom stereocenters. The quantitative estimate of drug-likeness (QED) is 0.667. The van der Waals surface area contributed by atoms with Crippen LogP contribution in [0.2, 0.25) is 0 Å². The fraction of sp³-hybridized carbons (Fsp3) is 0.500. The number of ether oxygens (including phenoxy) is 2. The lowest BCUT2D eigenvalue weighted by atomic mass is 9.92. The molecule has 9 heteroatoms. The first-order chi connectivity index (χ1) is 15.0. The van der Waals surface area contributed by atoms with Crippen molar-refractivity contribution in [2.45, 2.75) is 43.5 Å². The fourth-order valence-electron chi connectivity index (χ4n) is 4.60. The lowest BCUT2D eigenvalue weighted by molar-refractivity contribution is -0.161. The zero-order chi connectivity index (χ0) is 22.0. The molecular formula is C22H28N4O5. The maximum absolute atomic E-state index is 13.1. The maximum Gasteiger partial charge on any atom is 0.319 e. The van der Waals surface area contributed by atoms with Crippen LogP contribution < -0.4 is 15.4 Å². The van der Waals surface area contributed by atoms with Crippen molar-refractivity contribution in [2.24, 2.45) is 0 Å². The van der Waals surface area contributed by atoms with Crippen LogP contribution in [-0.2, 0) is 14.3 Å². The van der Waals surface area contributed by atoms with E-state index in [1.165, 1.54) is 0 Å². The van der Waals surface area contributed by atoms with Crippen LogP contribution >= 0.6 is 0 Å². The number of hydrogen-bond acceptors (Lipinski definition) is 5. The standard InChI is InChI=1S/C22H28N4O5/c1-3-10-31-17-12-19-20(27)25-9-8-15(11-18(25)21(28)26(19)13-17)24-22(29)23-14-4-6-16(30-2)7-5-14/h3-7,15,17-19H,1,8-13H2,2H3,(H2,23,24,29). The van der Waals surface area contributed by atoms with Crippen molar-refractivity contribution in [1.29, 1.82) is 0 Å². The van der Waals surface area contributed by atoms with Crippen molar-refractivity contribution >= 4 is 23.5 Å². The van der Waals surface area contributed by atoms with Crippen molar-refractivity contribution in [3.05, 3.63) is 36.9 Å². The number of piperidine rings is 1. The largest absolute Gasteiger partial charge is 0.497 e. The van der Waals surface area contributed by atoms with Crippen LogP contribution in [0.15, 0.2) is 36.9 Å². The van der Waals surface area contributed by atoms with Crippen LogP contribution in [0.1, 0.15) is 19.3 Å². The van der Waals surface area contributed by atoms with E-state index in [9.17, 15) is 14.4 Å². The summed E-state index contributed by atoms with van der Waals surface area (Å²) >= 11 is 0. The molecule has 2 N–H and O–H groups in total. The third-order valence-electron chi connectivity index (χ3n) is 6.13. The molecule has 4 amide bonds. The summed E-state index contributed by atoms with van der Waals surface area (Å²) in [5.41, 5.74) is 0.644. The van der Waals surface area contributed by atoms with E-state index in [0.29, 0.717) is 50.4 Å². The molecule has 0 aliphatic carbocycles. The number of fused-ring (bicyclic) bond motifs is 2. The van der Waals surface area contributed by atoms with Crippen molar-refractivity contribution in [3.8, 4) is 5.75 Å². The monoisotopic (exact) mass is 428 g/mol. The van der Waals surface area contributed by atoms with E-state index in [4.69, 9.17) is 9.47 Å². The minimum atomic E-state index is -0.540. The molecule has 4 unspecified atom stereocenters. The highest BCUT2D eigenvalue weighted by Gasteiger charge is 2.52. The van der Waals surface area contributed by atoms with Crippen LogP contribution in [0.5, 0.6) is 5.75 Å². The second-order valence-corrected chi connectivity index (χ2v) is 8.08. The summed E-state index contributed by atoms with van der Waals surface area (Å²) in [6.45, 7) is 4.91. The number of anilines is 1. The molecule has 0 saturated carbocycles. The number of piperazine rings is 1. The zero-order valence-corrected chi connectivity index (χ0v) is 17.6. The topological polar surface area (TPSA) is 100 Å².